The lowest BCUT2D eigenvalue weighted by Crippen LogP contribution is -2.44. The Labute approximate surface area is 237 Å². The van der Waals surface area contributed by atoms with E-state index in [9.17, 15) is 10.2 Å². The first-order valence-corrected chi connectivity index (χ1v) is 17.1. The van der Waals surface area contributed by atoms with Crippen molar-refractivity contribution in [2.75, 3.05) is 20.3 Å². The first-order valence-electron chi connectivity index (χ1n) is 14.2. The molecule has 0 heterocycles. The van der Waals surface area contributed by atoms with E-state index in [-0.39, 0.29) is 23.5 Å². The molecule has 0 saturated heterocycles. The summed E-state index contributed by atoms with van der Waals surface area (Å²) < 4.78 is 23.7. The maximum Gasteiger partial charge on any atom is 0.191 e. The Kier molecular flexibility index (Phi) is 13.6. The molecule has 0 aliphatic heterocycles. The maximum absolute atomic E-state index is 11.3. The molecule has 0 radical (unpaired) electrons. The molecule has 0 aromatic heterocycles. The zero-order valence-corrected chi connectivity index (χ0v) is 26.4. The molecule has 0 aliphatic rings. The maximum atomic E-state index is 11.3. The van der Waals surface area contributed by atoms with Gasteiger partial charge in [-0.1, -0.05) is 77.1 Å². The van der Waals surface area contributed by atoms with Gasteiger partial charge < -0.3 is 28.8 Å². The fraction of sp³-hybridized carbons (Fsp3) is 0.625. The Morgan fingerprint density at radius 1 is 0.769 bits per heavy atom. The highest BCUT2D eigenvalue weighted by Crippen LogP contribution is 2.37. The largest absolute Gasteiger partial charge is 0.497 e. The summed E-state index contributed by atoms with van der Waals surface area (Å²) in [6.07, 6.45) is -1.43. The van der Waals surface area contributed by atoms with Gasteiger partial charge in [-0.05, 0) is 66.1 Å². The van der Waals surface area contributed by atoms with E-state index in [0.717, 1.165) is 16.9 Å². The topological polar surface area (TPSA) is 77.4 Å². The highest BCUT2D eigenvalue weighted by Gasteiger charge is 2.38. The lowest BCUT2D eigenvalue weighted by molar-refractivity contribution is -0.119. The third-order valence-corrected chi connectivity index (χ3v) is 12.2. The van der Waals surface area contributed by atoms with Crippen LogP contribution in [0.15, 0.2) is 54.6 Å². The third kappa shape index (κ3) is 11.7. The summed E-state index contributed by atoms with van der Waals surface area (Å²) in [7, 11) is -0.247. The average molecular weight is 561 g/mol. The van der Waals surface area contributed by atoms with Gasteiger partial charge in [0.1, 0.15) is 11.9 Å². The molecule has 0 fully saturated rings. The quantitative estimate of drug-likeness (QED) is 0.213. The Bertz CT molecular complexity index is 928. The van der Waals surface area contributed by atoms with Crippen LogP contribution in [0.25, 0.3) is 0 Å². The number of methoxy groups -OCH3 is 1. The van der Waals surface area contributed by atoms with E-state index in [0.29, 0.717) is 32.7 Å². The van der Waals surface area contributed by atoms with E-state index >= 15 is 0 Å². The molecular weight excluding hydrogens is 508 g/mol. The highest BCUT2D eigenvalue weighted by atomic mass is 28.4. The van der Waals surface area contributed by atoms with E-state index in [1.807, 2.05) is 54.6 Å². The Balaban J connectivity index is 1.99. The van der Waals surface area contributed by atoms with E-state index in [1.165, 1.54) is 0 Å². The number of hydrogen-bond donors (Lipinski definition) is 2. The van der Waals surface area contributed by atoms with Crippen molar-refractivity contribution in [3.63, 3.8) is 0 Å². The summed E-state index contributed by atoms with van der Waals surface area (Å²) in [5.41, 5.74) is 2.07. The molecule has 6 nitrogen and oxygen atoms in total. The lowest BCUT2D eigenvalue weighted by Gasteiger charge is -2.37. The molecule has 0 aliphatic carbocycles. The zero-order valence-electron chi connectivity index (χ0n) is 25.4. The van der Waals surface area contributed by atoms with Crippen LogP contribution in [0.2, 0.25) is 18.1 Å². The van der Waals surface area contributed by atoms with Crippen molar-refractivity contribution >= 4 is 8.32 Å². The minimum atomic E-state index is -1.88. The number of aliphatic hydroxyl groups is 2. The van der Waals surface area contributed by atoms with Gasteiger partial charge in [0.25, 0.3) is 0 Å². The number of benzene rings is 2. The van der Waals surface area contributed by atoms with Crippen LogP contribution in [0.1, 0.15) is 58.6 Å². The first-order chi connectivity index (χ1) is 18.3. The van der Waals surface area contributed by atoms with Gasteiger partial charge in [-0.25, -0.2) is 0 Å². The van der Waals surface area contributed by atoms with Gasteiger partial charge in [-0.15, -0.1) is 0 Å². The summed E-state index contributed by atoms with van der Waals surface area (Å²) in [5.74, 6) is 0.998. The van der Waals surface area contributed by atoms with Crippen molar-refractivity contribution in [3.8, 4) is 5.75 Å². The Morgan fingerprint density at radius 3 is 1.85 bits per heavy atom. The fourth-order valence-corrected chi connectivity index (χ4v) is 5.28. The van der Waals surface area contributed by atoms with Crippen LogP contribution in [-0.4, -0.2) is 57.2 Å². The van der Waals surface area contributed by atoms with Crippen molar-refractivity contribution in [3.05, 3.63) is 65.7 Å². The lowest BCUT2D eigenvalue weighted by atomic mass is 9.93. The number of aliphatic hydroxyl groups excluding tert-OH is 2. The van der Waals surface area contributed by atoms with E-state index < -0.39 is 26.6 Å². The molecule has 0 amide bonds. The summed E-state index contributed by atoms with van der Waals surface area (Å²) in [5, 5.41) is 22.6. The van der Waals surface area contributed by atoms with Gasteiger partial charge in [0.2, 0.25) is 0 Å². The van der Waals surface area contributed by atoms with Crippen molar-refractivity contribution < 1.29 is 28.8 Å². The van der Waals surface area contributed by atoms with Crippen molar-refractivity contribution in [1.29, 1.82) is 0 Å². The van der Waals surface area contributed by atoms with E-state index in [2.05, 4.69) is 47.7 Å². The van der Waals surface area contributed by atoms with Crippen LogP contribution >= 0.6 is 0 Å². The van der Waals surface area contributed by atoms with Crippen LogP contribution in [0.5, 0.6) is 5.75 Å². The molecule has 2 N–H and O–H groups in total. The zero-order chi connectivity index (χ0) is 29.1. The molecule has 2 aromatic carbocycles. The fourth-order valence-electron chi connectivity index (χ4n) is 4.14. The standard InChI is InChI=1S/C32H52O6Si/c1-24(20-36-22-26-12-10-9-11-13-26)18-29(33)31(37-23-27-14-16-28(35-6)17-15-27)30(34)19-25(2)21-38-39(7,8)32(3,4)5/h9-17,24-25,29-31,33-34H,18-23H2,1-8H3/t24-,25-,29+,30+,31-/m1/s1. The van der Waals surface area contributed by atoms with Gasteiger partial charge in [0.15, 0.2) is 8.32 Å². The van der Waals surface area contributed by atoms with Gasteiger partial charge in [0, 0.05) is 13.2 Å². The van der Waals surface area contributed by atoms with Crippen LogP contribution in [-0.2, 0) is 27.1 Å². The monoisotopic (exact) mass is 560 g/mol. The number of rotatable bonds is 17. The predicted molar refractivity (Wildman–Crippen MR) is 160 cm³/mol. The minimum absolute atomic E-state index is 0.0994. The number of ether oxygens (including phenoxy) is 3. The SMILES string of the molecule is COc1ccc(CO[C@H]([C@@H](O)C[C@@H](C)COCc2ccccc2)[C@@H](O)C[C@@H](C)CO[Si](C)(C)C(C)(C)C)cc1. The molecule has 0 unspecified atom stereocenters. The molecule has 7 heteroatoms. The van der Waals surface area contributed by atoms with Crippen LogP contribution in [0.3, 0.4) is 0 Å². The van der Waals surface area contributed by atoms with Gasteiger partial charge in [-0.3, -0.25) is 0 Å². The summed E-state index contributed by atoms with van der Waals surface area (Å²) in [6.45, 7) is 17.2. The molecule has 39 heavy (non-hydrogen) atoms. The van der Waals surface area contributed by atoms with E-state index in [4.69, 9.17) is 18.6 Å². The molecule has 220 valence electrons. The van der Waals surface area contributed by atoms with Crippen LogP contribution in [0, 0.1) is 11.8 Å². The van der Waals surface area contributed by atoms with Crippen LogP contribution in [0.4, 0.5) is 0 Å². The smallest absolute Gasteiger partial charge is 0.191 e. The predicted octanol–water partition coefficient (Wildman–Crippen LogP) is 6.59. The van der Waals surface area contributed by atoms with Gasteiger partial charge in [0.05, 0.1) is 32.5 Å². The van der Waals surface area contributed by atoms with Crippen molar-refractivity contribution in [1.82, 2.24) is 0 Å². The molecule has 5 atom stereocenters. The van der Waals surface area contributed by atoms with Gasteiger partial charge >= 0.3 is 0 Å². The van der Waals surface area contributed by atoms with Gasteiger partial charge in [-0.2, -0.15) is 0 Å². The third-order valence-electron chi connectivity index (χ3n) is 7.70. The van der Waals surface area contributed by atoms with Crippen molar-refractivity contribution in [2.45, 2.75) is 97.1 Å². The minimum Gasteiger partial charge on any atom is -0.497 e. The second kappa shape index (κ2) is 15.9. The van der Waals surface area contributed by atoms with E-state index in [1.54, 1.807) is 7.11 Å². The Morgan fingerprint density at radius 2 is 1.31 bits per heavy atom. The molecule has 2 aromatic rings. The molecule has 0 bridgehead atoms. The average Bonchev–Trinajstić information content (AvgIpc) is 2.88. The van der Waals surface area contributed by atoms with Crippen LogP contribution < -0.4 is 4.74 Å². The molecule has 0 spiro atoms. The second-order valence-electron chi connectivity index (χ2n) is 12.5. The summed E-state index contributed by atoms with van der Waals surface area (Å²) in [6, 6.07) is 17.7. The Hall–Kier alpha value is -1.74. The van der Waals surface area contributed by atoms with Crippen molar-refractivity contribution in [2.24, 2.45) is 11.8 Å². The molecule has 0 saturated carbocycles. The normalized spacial score (nSPS) is 16.4. The highest BCUT2D eigenvalue weighted by molar-refractivity contribution is 6.74. The first kappa shape index (κ1) is 33.5. The molecular formula is C32H52O6Si. The summed E-state index contributed by atoms with van der Waals surface area (Å²) >= 11 is 0. The second-order valence-corrected chi connectivity index (χ2v) is 17.3. The number of hydrogen-bond acceptors (Lipinski definition) is 6. The summed E-state index contributed by atoms with van der Waals surface area (Å²) in [4.78, 5) is 0. The molecule has 2 rings (SSSR count).